The molecule has 0 radical (unpaired) electrons. The summed E-state index contributed by atoms with van der Waals surface area (Å²) in [7, 11) is 0. The Kier molecular flexibility index (Phi) is 2.19. The van der Waals surface area contributed by atoms with E-state index in [1.807, 2.05) is 6.92 Å². The number of rotatable bonds is 2. The molecule has 1 N–H and O–H groups in total. The van der Waals surface area contributed by atoms with Crippen molar-refractivity contribution < 1.29 is 9.90 Å². The van der Waals surface area contributed by atoms with E-state index in [2.05, 4.69) is 4.98 Å². The summed E-state index contributed by atoms with van der Waals surface area (Å²) in [5, 5.41) is 9.78. The number of carboxylic acids is 1. The van der Waals surface area contributed by atoms with Gasteiger partial charge < -0.3 is 5.11 Å². The highest BCUT2D eigenvalue weighted by Crippen LogP contribution is 2.28. The molecular formula is C8H11NO2S. The number of aliphatic carboxylic acids is 1. The molecule has 0 amide bonds. The Balaban J connectivity index is 3.05. The third kappa shape index (κ3) is 1.48. The molecule has 0 spiro atoms. The second-order valence-corrected chi connectivity index (χ2v) is 4.41. The molecule has 0 aliphatic heterocycles. The van der Waals surface area contributed by atoms with Crippen molar-refractivity contribution in [3.05, 3.63) is 16.1 Å². The fourth-order valence-corrected chi connectivity index (χ4v) is 1.63. The van der Waals surface area contributed by atoms with Crippen LogP contribution in [0.2, 0.25) is 0 Å². The van der Waals surface area contributed by atoms with Gasteiger partial charge in [-0.2, -0.15) is 0 Å². The number of aryl methyl sites for hydroxylation is 1. The van der Waals surface area contributed by atoms with E-state index >= 15 is 0 Å². The van der Waals surface area contributed by atoms with Gasteiger partial charge in [0.15, 0.2) is 0 Å². The van der Waals surface area contributed by atoms with Gasteiger partial charge in [-0.3, -0.25) is 4.79 Å². The summed E-state index contributed by atoms with van der Waals surface area (Å²) >= 11 is 1.43. The molecule has 0 fully saturated rings. The van der Waals surface area contributed by atoms with E-state index in [4.69, 9.17) is 5.11 Å². The van der Waals surface area contributed by atoms with E-state index in [1.54, 1.807) is 20.0 Å². The van der Waals surface area contributed by atoms with Gasteiger partial charge in [0.1, 0.15) is 0 Å². The maximum Gasteiger partial charge on any atom is 0.314 e. The number of hydrogen-bond acceptors (Lipinski definition) is 3. The molecule has 1 aromatic heterocycles. The van der Waals surface area contributed by atoms with Gasteiger partial charge in [0, 0.05) is 11.1 Å². The molecule has 0 atom stereocenters. The van der Waals surface area contributed by atoms with E-state index in [1.165, 1.54) is 11.3 Å². The number of hydrogen-bond donors (Lipinski definition) is 1. The molecule has 1 rings (SSSR count). The van der Waals surface area contributed by atoms with E-state index in [0.717, 1.165) is 9.88 Å². The van der Waals surface area contributed by atoms with Gasteiger partial charge in [-0.1, -0.05) is 0 Å². The predicted octanol–water partition coefficient (Wildman–Crippen LogP) is 1.81. The van der Waals surface area contributed by atoms with Crippen molar-refractivity contribution >= 4 is 17.3 Å². The van der Waals surface area contributed by atoms with Crippen LogP contribution in [-0.4, -0.2) is 16.1 Å². The molecule has 0 bridgehead atoms. The second kappa shape index (κ2) is 2.86. The first kappa shape index (κ1) is 9.19. The summed E-state index contributed by atoms with van der Waals surface area (Å²) in [5.41, 5.74) is -0.814. The molecular weight excluding hydrogens is 174 g/mol. The lowest BCUT2D eigenvalue weighted by molar-refractivity contribution is -0.142. The summed E-state index contributed by atoms with van der Waals surface area (Å²) in [5.74, 6) is -0.814. The van der Waals surface area contributed by atoms with Gasteiger partial charge in [-0.05, 0) is 20.8 Å². The quantitative estimate of drug-likeness (QED) is 0.764. The highest BCUT2D eigenvalue weighted by Gasteiger charge is 2.31. The van der Waals surface area contributed by atoms with Crippen LogP contribution in [0.15, 0.2) is 6.20 Å². The van der Waals surface area contributed by atoms with E-state index in [-0.39, 0.29) is 0 Å². The average molecular weight is 185 g/mol. The Morgan fingerprint density at radius 2 is 2.25 bits per heavy atom. The molecule has 0 aliphatic rings. The Morgan fingerprint density at radius 1 is 1.67 bits per heavy atom. The molecule has 0 saturated carbocycles. The van der Waals surface area contributed by atoms with Crippen LogP contribution in [0.1, 0.15) is 23.7 Å². The minimum Gasteiger partial charge on any atom is -0.481 e. The summed E-state index contributed by atoms with van der Waals surface area (Å²) in [6.07, 6.45) is 1.63. The Bertz CT molecular complexity index is 304. The number of carbonyl (C=O) groups is 1. The Labute approximate surface area is 75.1 Å². The van der Waals surface area contributed by atoms with Gasteiger partial charge in [-0.25, -0.2) is 4.98 Å². The third-order valence-electron chi connectivity index (χ3n) is 1.77. The number of thiazole rings is 1. The molecule has 0 unspecified atom stereocenters. The Hall–Kier alpha value is -0.900. The second-order valence-electron chi connectivity index (χ2n) is 3.17. The number of aromatic nitrogens is 1. The molecule has 0 saturated heterocycles. The molecule has 3 nitrogen and oxygen atoms in total. The van der Waals surface area contributed by atoms with Gasteiger partial charge in [-0.15, -0.1) is 11.3 Å². The van der Waals surface area contributed by atoms with Crippen molar-refractivity contribution in [3.63, 3.8) is 0 Å². The van der Waals surface area contributed by atoms with Crippen molar-refractivity contribution in [2.45, 2.75) is 26.2 Å². The highest BCUT2D eigenvalue weighted by molar-refractivity contribution is 7.11. The monoisotopic (exact) mass is 185 g/mol. The molecule has 4 heteroatoms. The maximum atomic E-state index is 10.8. The molecule has 0 aliphatic carbocycles. The normalized spacial score (nSPS) is 11.6. The van der Waals surface area contributed by atoms with Gasteiger partial charge >= 0.3 is 5.97 Å². The lowest BCUT2D eigenvalue weighted by Crippen LogP contribution is -2.27. The van der Waals surface area contributed by atoms with Crippen LogP contribution in [0.3, 0.4) is 0 Å². The van der Waals surface area contributed by atoms with Crippen LogP contribution < -0.4 is 0 Å². The van der Waals surface area contributed by atoms with E-state index in [9.17, 15) is 4.79 Å². The highest BCUT2D eigenvalue weighted by atomic mass is 32.1. The predicted molar refractivity (Wildman–Crippen MR) is 47.5 cm³/mol. The molecule has 1 aromatic rings. The van der Waals surface area contributed by atoms with Crippen LogP contribution in [0.4, 0.5) is 0 Å². The van der Waals surface area contributed by atoms with Crippen molar-refractivity contribution in [1.82, 2.24) is 4.98 Å². The first-order valence-corrected chi connectivity index (χ1v) is 4.42. The van der Waals surface area contributed by atoms with Gasteiger partial charge in [0.25, 0.3) is 0 Å². The summed E-state index contributed by atoms with van der Waals surface area (Å²) in [6.45, 7) is 5.23. The van der Waals surface area contributed by atoms with Gasteiger partial charge in [0.05, 0.1) is 10.4 Å². The topological polar surface area (TPSA) is 50.2 Å². The van der Waals surface area contributed by atoms with Crippen molar-refractivity contribution in [2.24, 2.45) is 0 Å². The fourth-order valence-electron chi connectivity index (χ4n) is 0.756. The SMILES string of the molecule is Cc1ncc(C(C)(C)C(=O)O)s1. The minimum atomic E-state index is -0.814. The number of nitrogens with zero attached hydrogens (tertiary/aromatic N) is 1. The summed E-state index contributed by atoms with van der Waals surface area (Å²) < 4.78 is 0. The largest absolute Gasteiger partial charge is 0.481 e. The maximum absolute atomic E-state index is 10.8. The average Bonchev–Trinajstić information content (AvgIpc) is 2.35. The minimum absolute atomic E-state index is 0.799. The molecule has 12 heavy (non-hydrogen) atoms. The van der Waals surface area contributed by atoms with Crippen molar-refractivity contribution in [3.8, 4) is 0 Å². The lowest BCUT2D eigenvalue weighted by atomic mass is 9.93. The molecule has 0 aromatic carbocycles. The molecule has 1 heterocycles. The van der Waals surface area contributed by atoms with E-state index in [0.29, 0.717) is 0 Å². The summed E-state index contributed by atoms with van der Waals surface area (Å²) in [4.78, 5) is 15.6. The van der Waals surface area contributed by atoms with Crippen LogP contribution in [0, 0.1) is 6.92 Å². The van der Waals surface area contributed by atoms with Crippen LogP contribution >= 0.6 is 11.3 Å². The standard InChI is InChI=1S/C8H11NO2S/c1-5-9-4-6(12-5)8(2,3)7(10)11/h4H,1-3H3,(H,10,11). The van der Waals surface area contributed by atoms with Crippen molar-refractivity contribution in [1.29, 1.82) is 0 Å². The first-order chi connectivity index (χ1) is 5.44. The van der Waals surface area contributed by atoms with Crippen LogP contribution in [-0.2, 0) is 10.2 Å². The number of carboxylic acid groups (broad SMARTS) is 1. The fraction of sp³-hybridized carbons (Fsp3) is 0.500. The van der Waals surface area contributed by atoms with Crippen molar-refractivity contribution in [2.75, 3.05) is 0 Å². The summed E-state index contributed by atoms with van der Waals surface area (Å²) in [6, 6.07) is 0. The zero-order valence-electron chi connectivity index (χ0n) is 7.29. The zero-order valence-corrected chi connectivity index (χ0v) is 8.10. The first-order valence-electron chi connectivity index (χ1n) is 3.61. The third-order valence-corrected chi connectivity index (χ3v) is 3.01. The zero-order chi connectivity index (χ0) is 9.35. The Morgan fingerprint density at radius 3 is 2.58 bits per heavy atom. The van der Waals surface area contributed by atoms with Crippen LogP contribution in [0.25, 0.3) is 0 Å². The van der Waals surface area contributed by atoms with Crippen LogP contribution in [0.5, 0.6) is 0 Å². The van der Waals surface area contributed by atoms with E-state index < -0.39 is 11.4 Å². The molecule has 66 valence electrons. The smallest absolute Gasteiger partial charge is 0.314 e. The lowest BCUT2D eigenvalue weighted by Gasteiger charge is -2.15. The van der Waals surface area contributed by atoms with Gasteiger partial charge in [0.2, 0.25) is 0 Å².